The SMILES string of the molecule is COC(CNC(C)c1ccoc1)OC. The number of rotatable bonds is 6. The summed E-state index contributed by atoms with van der Waals surface area (Å²) in [5, 5.41) is 3.28. The topological polar surface area (TPSA) is 43.6 Å². The smallest absolute Gasteiger partial charge is 0.169 e. The molecular weight excluding hydrogens is 182 g/mol. The summed E-state index contributed by atoms with van der Waals surface area (Å²) in [6.45, 7) is 2.71. The van der Waals surface area contributed by atoms with Crippen molar-refractivity contribution in [3.63, 3.8) is 0 Å². The van der Waals surface area contributed by atoms with Gasteiger partial charge in [0.2, 0.25) is 0 Å². The van der Waals surface area contributed by atoms with Gasteiger partial charge in [0.15, 0.2) is 6.29 Å². The normalized spacial score (nSPS) is 13.4. The molecule has 1 atom stereocenters. The summed E-state index contributed by atoms with van der Waals surface area (Å²) in [5.41, 5.74) is 1.12. The molecule has 80 valence electrons. The van der Waals surface area contributed by atoms with E-state index in [9.17, 15) is 0 Å². The Labute approximate surface area is 84.2 Å². The van der Waals surface area contributed by atoms with Crippen LogP contribution in [0, 0.1) is 0 Å². The Morgan fingerprint density at radius 3 is 2.64 bits per heavy atom. The van der Waals surface area contributed by atoms with Gasteiger partial charge in [0.25, 0.3) is 0 Å². The van der Waals surface area contributed by atoms with Gasteiger partial charge in [-0.05, 0) is 13.0 Å². The van der Waals surface area contributed by atoms with Crippen LogP contribution in [0.2, 0.25) is 0 Å². The molecule has 4 nitrogen and oxygen atoms in total. The monoisotopic (exact) mass is 199 g/mol. The zero-order valence-electron chi connectivity index (χ0n) is 8.82. The molecule has 0 radical (unpaired) electrons. The van der Waals surface area contributed by atoms with Crippen molar-refractivity contribution >= 4 is 0 Å². The Bertz CT molecular complexity index is 232. The summed E-state index contributed by atoms with van der Waals surface area (Å²) in [6, 6.07) is 2.17. The molecule has 0 bridgehead atoms. The number of hydrogen-bond acceptors (Lipinski definition) is 4. The highest BCUT2D eigenvalue weighted by Crippen LogP contribution is 2.11. The molecule has 0 spiro atoms. The van der Waals surface area contributed by atoms with Crippen LogP contribution in [0.4, 0.5) is 0 Å². The van der Waals surface area contributed by atoms with Gasteiger partial charge in [0, 0.05) is 32.4 Å². The Hall–Kier alpha value is -0.840. The molecule has 0 saturated heterocycles. The van der Waals surface area contributed by atoms with Gasteiger partial charge in [-0.15, -0.1) is 0 Å². The maximum atomic E-state index is 5.06. The van der Waals surface area contributed by atoms with Crippen LogP contribution in [-0.4, -0.2) is 27.1 Å². The first kappa shape index (κ1) is 11.2. The van der Waals surface area contributed by atoms with Crippen LogP contribution in [0.5, 0.6) is 0 Å². The van der Waals surface area contributed by atoms with Crippen molar-refractivity contribution < 1.29 is 13.9 Å². The molecule has 0 aliphatic rings. The summed E-state index contributed by atoms with van der Waals surface area (Å²) >= 11 is 0. The first-order valence-corrected chi connectivity index (χ1v) is 4.59. The number of ether oxygens (including phenoxy) is 2. The van der Waals surface area contributed by atoms with E-state index in [0.29, 0.717) is 6.54 Å². The van der Waals surface area contributed by atoms with Crippen LogP contribution in [0.1, 0.15) is 18.5 Å². The molecule has 1 N–H and O–H groups in total. The van der Waals surface area contributed by atoms with Gasteiger partial charge in [0.1, 0.15) is 0 Å². The molecule has 14 heavy (non-hydrogen) atoms. The minimum atomic E-state index is -0.204. The lowest BCUT2D eigenvalue weighted by atomic mass is 10.2. The maximum Gasteiger partial charge on any atom is 0.169 e. The van der Waals surface area contributed by atoms with E-state index in [1.807, 2.05) is 6.07 Å². The lowest BCUT2D eigenvalue weighted by molar-refractivity contribution is -0.0997. The molecular formula is C10H17NO3. The van der Waals surface area contributed by atoms with E-state index in [2.05, 4.69) is 12.2 Å². The molecule has 1 heterocycles. The van der Waals surface area contributed by atoms with Crippen molar-refractivity contribution in [2.75, 3.05) is 20.8 Å². The molecule has 1 aromatic heterocycles. The molecule has 1 aromatic rings. The second-order valence-electron chi connectivity index (χ2n) is 3.09. The Morgan fingerprint density at radius 1 is 1.43 bits per heavy atom. The third-order valence-corrected chi connectivity index (χ3v) is 2.16. The molecule has 0 aliphatic heterocycles. The molecule has 0 fully saturated rings. The van der Waals surface area contributed by atoms with Gasteiger partial charge in [-0.1, -0.05) is 0 Å². The molecule has 0 aliphatic carbocycles. The van der Waals surface area contributed by atoms with E-state index in [4.69, 9.17) is 13.9 Å². The minimum absolute atomic E-state index is 0.204. The predicted octanol–water partition coefficient (Wildman–Crippen LogP) is 1.55. The van der Waals surface area contributed by atoms with Crippen LogP contribution < -0.4 is 5.32 Å². The van der Waals surface area contributed by atoms with Crippen molar-refractivity contribution in [2.24, 2.45) is 0 Å². The van der Waals surface area contributed by atoms with Gasteiger partial charge >= 0.3 is 0 Å². The summed E-state index contributed by atoms with van der Waals surface area (Å²) in [5.74, 6) is 0. The number of methoxy groups -OCH3 is 2. The Kier molecular flexibility index (Phi) is 4.65. The molecule has 0 saturated carbocycles. The quantitative estimate of drug-likeness (QED) is 0.706. The van der Waals surface area contributed by atoms with Crippen LogP contribution in [0.25, 0.3) is 0 Å². The molecule has 1 rings (SSSR count). The van der Waals surface area contributed by atoms with Gasteiger partial charge in [-0.3, -0.25) is 0 Å². The Morgan fingerprint density at radius 2 is 2.14 bits per heavy atom. The fourth-order valence-corrected chi connectivity index (χ4v) is 1.18. The minimum Gasteiger partial charge on any atom is -0.472 e. The van der Waals surface area contributed by atoms with Crippen LogP contribution in [-0.2, 0) is 9.47 Å². The summed E-state index contributed by atoms with van der Waals surface area (Å²) in [4.78, 5) is 0. The van der Waals surface area contributed by atoms with Gasteiger partial charge < -0.3 is 19.2 Å². The van der Waals surface area contributed by atoms with Crippen molar-refractivity contribution in [3.05, 3.63) is 24.2 Å². The van der Waals surface area contributed by atoms with E-state index in [1.165, 1.54) is 0 Å². The zero-order valence-corrected chi connectivity index (χ0v) is 8.82. The fraction of sp³-hybridized carbons (Fsp3) is 0.600. The van der Waals surface area contributed by atoms with Crippen molar-refractivity contribution in [1.82, 2.24) is 5.32 Å². The van der Waals surface area contributed by atoms with Crippen LogP contribution in [0.15, 0.2) is 23.0 Å². The summed E-state index contributed by atoms with van der Waals surface area (Å²) in [7, 11) is 3.25. The molecule has 0 amide bonds. The van der Waals surface area contributed by atoms with Crippen LogP contribution in [0.3, 0.4) is 0 Å². The van der Waals surface area contributed by atoms with E-state index in [1.54, 1.807) is 26.7 Å². The van der Waals surface area contributed by atoms with Crippen molar-refractivity contribution in [2.45, 2.75) is 19.3 Å². The van der Waals surface area contributed by atoms with E-state index < -0.39 is 0 Å². The maximum absolute atomic E-state index is 5.06. The van der Waals surface area contributed by atoms with Crippen LogP contribution >= 0.6 is 0 Å². The summed E-state index contributed by atoms with van der Waals surface area (Å²) in [6.07, 6.45) is 3.19. The third kappa shape index (κ3) is 3.14. The number of hydrogen-bond donors (Lipinski definition) is 1. The number of furan rings is 1. The standard InChI is InChI=1S/C10H17NO3/c1-8(9-4-5-14-7-9)11-6-10(12-2)13-3/h4-5,7-8,10-11H,6H2,1-3H3. The summed E-state index contributed by atoms with van der Waals surface area (Å²) < 4.78 is 15.1. The average Bonchev–Trinajstić information content (AvgIpc) is 2.72. The van der Waals surface area contributed by atoms with E-state index in [-0.39, 0.29) is 12.3 Å². The lowest BCUT2D eigenvalue weighted by Crippen LogP contribution is -2.31. The predicted molar refractivity (Wildman–Crippen MR) is 52.9 cm³/mol. The number of nitrogens with one attached hydrogen (secondary N) is 1. The molecule has 4 heteroatoms. The molecule has 0 aromatic carbocycles. The van der Waals surface area contributed by atoms with Gasteiger partial charge in [-0.2, -0.15) is 0 Å². The van der Waals surface area contributed by atoms with Crippen molar-refractivity contribution in [1.29, 1.82) is 0 Å². The van der Waals surface area contributed by atoms with E-state index in [0.717, 1.165) is 5.56 Å². The van der Waals surface area contributed by atoms with Crippen molar-refractivity contribution in [3.8, 4) is 0 Å². The largest absolute Gasteiger partial charge is 0.472 e. The highest BCUT2D eigenvalue weighted by Gasteiger charge is 2.09. The second-order valence-corrected chi connectivity index (χ2v) is 3.09. The van der Waals surface area contributed by atoms with Gasteiger partial charge in [0.05, 0.1) is 12.5 Å². The zero-order chi connectivity index (χ0) is 10.4. The lowest BCUT2D eigenvalue weighted by Gasteiger charge is -2.17. The van der Waals surface area contributed by atoms with E-state index >= 15 is 0 Å². The highest BCUT2D eigenvalue weighted by atomic mass is 16.7. The first-order chi connectivity index (χ1) is 6.77. The Balaban J connectivity index is 2.31. The fourth-order valence-electron chi connectivity index (χ4n) is 1.18. The second kappa shape index (κ2) is 5.80. The van der Waals surface area contributed by atoms with Gasteiger partial charge in [-0.25, -0.2) is 0 Å². The average molecular weight is 199 g/mol. The third-order valence-electron chi connectivity index (χ3n) is 2.16. The first-order valence-electron chi connectivity index (χ1n) is 4.59. The highest BCUT2D eigenvalue weighted by molar-refractivity contribution is 5.10. The molecule has 1 unspecified atom stereocenters.